The van der Waals surface area contributed by atoms with Gasteiger partial charge >= 0.3 is 0 Å². The fraction of sp³-hybridized carbons (Fsp3) is 0.250. The van der Waals surface area contributed by atoms with Crippen LogP contribution in [0.3, 0.4) is 0 Å². The topological polar surface area (TPSA) is 72.7 Å². The highest BCUT2D eigenvalue weighted by molar-refractivity contribution is 6.31. The van der Waals surface area contributed by atoms with E-state index in [1.54, 1.807) is 24.0 Å². The van der Waals surface area contributed by atoms with Crippen LogP contribution in [-0.4, -0.2) is 25.9 Å². The molecular weight excluding hydrogens is 314 g/mol. The maximum Gasteiger partial charge on any atom is 0.253 e. The summed E-state index contributed by atoms with van der Waals surface area (Å²) in [6, 6.07) is 7.51. The van der Waals surface area contributed by atoms with Crippen molar-refractivity contribution >= 4 is 28.7 Å². The fourth-order valence-electron chi connectivity index (χ4n) is 3.05. The molecular formula is C16H14ClN5O. The van der Waals surface area contributed by atoms with Gasteiger partial charge in [0.1, 0.15) is 5.52 Å². The average molecular weight is 328 g/mol. The molecule has 0 bridgehead atoms. The van der Waals surface area contributed by atoms with Crippen LogP contribution in [0.1, 0.15) is 33.9 Å². The van der Waals surface area contributed by atoms with Crippen molar-refractivity contribution in [2.24, 2.45) is 7.05 Å². The van der Waals surface area contributed by atoms with Crippen LogP contribution < -0.4 is 5.32 Å². The molecule has 0 fully saturated rings. The third-order valence-corrected chi connectivity index (χ3v) is 4.58. The number of benzene rings is 1. The summed E-state index contributed by atoms with van der Waals surface area (Å²) in [5.41, 5.74) is 3.96. The summed E-state index contributed by atoms with van der Waals surface area (Å²) in [7, 11) is 1.77. The van der Waals surface area contributed by atoms with Crippen molar-refractivity contribution in [1.29, 1.82) is 0 Å². The summed E-state index contributed by atoms with van der Waals surface area (Å²) < 4.78 is 1.58. The third kappa shape index (κ3) is 2.35. The third-order valence-electron chi connectivity index (χ3n) is 4.22. The molecule has 116 valence electrons. The molecule has 0 unspecified atom stereocenters. The Hall–Kier alpha value is -2.47. The number of hydrogen-bond acceptors (Lipinski definition) is 4. The summed E-state index contributed by atoms with van der Waals surface area (Å²) in [6.45, 7) is 0. The Labute approximate surface area is 137 Å². The monoisotopic (exact) mass is 327 g/mol. The largest absolute Gasteiger partial charge is 0.345 e. The minimum Gasteiger partial charge on any atom is -0.345 e. The van der Waals surface area contributed by atoms with Gasteiger partial charge in [-0.1, -0.05) is 28.9 Å². The van der Waals surface area contributed by atoms with E-state index in [1.807, 2.05) is 18.2 Å². The van der Waals surface area contributed by atoms with Gasteiger partial charge in [0.25, 0.3) is 5.91 Å². The summed E-state index contributed by atoms with van der Waals surface area (Å²) >= 11 is 6.22. The van der Waals surface area contributed by atoms with E-state index in [2.05, 4.69) is 20.6 Å². The summed E-state index contributed by atoms with van der Waals surface area (Å²) in [5.74, 6) is -0.164. The lowest BCUT2D eigenvalue weighted by Gasteiger charge is -2.14. The summed E-state index contributed by atoms with van der Waals surface area (Å²) in [6.07, 6.45) is 3.28. The molecule has 0 aliphatic heterocycles. The SMILES string of the molecule is Cn1nnc2cc(C(=O)N[C@@H]3CCc4c(Cl)cccc43)cnc21. The van der Waals surface area contributed by atoms with Crippen molar-refractivity contribution in [2.75, 3.05) is 0 Å². The number of aromatic nitrogens is 4. The maximum absolute atomic E-state index is 12.5. The van der Waals surface area contributed by atoms with Gasteiger partial charge in [-0.2, -0.15) is 0 Å². The number of amides is 1. The Bertz CT molecular complexity index is 920. The van der Waals surface area contributed by atoms with E-state index in [0.29, 0.717) is 16.7 Å². The second-order valence-corrected chi connectivity index (χ2v) is 6.06. The molecule has 1 aromatic carbocycles. The van der Waals surface area contributed by atoms with E-state index in [-0.39, 0.29) is 11.9 Å². The van der Waals surface area contributed by atoms with Gasteiger partial charge < -0.3 is 5.32 Å². The van der Waals surface area contributed by atoms with Gasteiger partial charge in [0.2, 0.25) is 0 Å². The summed E-state index contributed by atoms with van der Waals surface area (Å²) in [4.78, 5) is 16.8. The van der Waals surface area contributed by atoms with Gasteiger partial charge in [-0.15, -0.1) is 5.10 Å². The van der Waals surface area contributed by atoms with Crippen molar-refractivity contribution in [2.45, 2.75) is 18.9 Å². The molecule has 4 rings (SSSR count). The van der Waals surface area contributed by atoms with Gasteiger partial charge in [-0.3, -0.25) is 4.79 Å². The predicted molar refractivity (Wildman–Crippen MR) is 86.3 cm³/mol. The zero-order valence-electron chi connectivity index (χ0n) is 12.5. The normalized spacial score (nSPS) is 16.5. The first-order valence-electron chi connectivity index (χ1n) is 7.37. The number of nitrogens with zero attached hydrogens (tertiary/aromatic N) is 4. The van der Waals surface area contributed by atoms with E-state index in [0.717, 1.165) is 29.0 Å². The molecule has 7 heteroatoms. The molecule has 3 aromatic rings. The molecule has 0 spiro atoms. The first-order valence-corrected chi connectivity index (χ1v) is 7.75. The molecule has 1 atom stereocenters. The van der Waals surface area contributed by atoms with Gasteiger partial charge in [-0.25, -0.2) is 9.67 Å². The van der Waals surface area contributed by atoms with Crippen LogP contribution in [-0.2, 0) is 13.5 Å². The van der Waals surface area contributed by atoms with E-state index in [1.165, 1.54) is 0 Å². The molecule has 23 heavy (non-hydrogen) atoms. The molecule has 1 aliphatic carbocycles. The van der Waals surface area contributed by atoms with Crippen LogP contribution in [0.15, 0.2) is 30.5 Å². The van der Waals surface area contributed by atoms with Crippen molar-refractivity contribution in [3.63, 3.8) is 0 Å². The molecule has 1 N–H and O–H groups in total. The van der Waals surface area contributed by atoms with Crippen LogP contribution >= 0.6 is 11.6 Å². The lowest BCUT2D eigenvalue weighted by atomic mass is 10.1. The van der Waals surface area contributed by atoms with E-state index in [9.17, 15) is 4.79 Å². The Morgan fingerprint density at radius 1 is 1.43 bits per heavy atom. The minimum atomic E-state index is -0.164. The van der Waals surface area contributed by atoms with Gasteiger partial charge in [-0.05, 0) is 36.1 Å². The molecule has 0 saturated carbocycles. The lowest BCUT2D eigenvalue weighted by Crippen LogP contribution is -2.27. The zero-order valence-corrected chi connectivity index (χ0v) is 13.2. The van der Waals surface area contributed by atoms with Crippen LogP contribution in [0.2, 0.25) is 5.02 Å². The molecule has 2 aromatic heterocycles. The number of aryl methyl sites for hydroxylation is 1. The Morgan fingerprint density at radius 2 is 2.30 bits per heavy atom. The Balaban J connectivity index is 1.60. The highest BCUT2D eigenvalue weighted by Crippen LogP contribution is 2.35. The fourth-order valence-corrected chi connectivity index (χ4v) is 3.33. The molecule has 0 saturated heterocycles. The van der Waals surface area contributed by atoms with Crippen molar-refractivity contribution in [3.8, 4) is 0 Å². The second-order valence-electron chi connectivity index (χ2n) is 5.65. The van der Waals surface area contributed by atoms with Crippen molar-refractivity contribution < 1.29 is 4.79 Å². The molecule has 1 aliphatic rings. The van der Waals surface area contributed by atoms with Crippen LogP contribution in [0.4, 0.5) is 0 Å². The van der Waals surface area contributed by atoms with Crippen LogP contribution in [0.5, 0.6) is 0 Å². The highest BCUT2D eigenvalue weighted by atomic mass is 35.5. The average Bonchev–Trinajstić information content (AvgIpc) is 3.13. The van der Waals surface area contributed by atoms with Gasteiger partial charge in [0, 0.05) is 18.3 Å². The van der Waals surface area contributed by atoms with Crippen molar-refractivity contribution in [3.05, 3.63) is 52.2 Å². The van der Waals surface area contributed by atoms with Gasteiger partial charge in [0.15, 0.2) is 5.65 Å². The number of nitrogens with one attached hydrogen (secondary N) is 1. The summed E-state index contributed by atoms with van der Waals surface area (Å²) in [5, 5.41) is 11.7. The Kier molecular flexibility index (Phi) is 3.27. The minimum absolute atomic E-state index is 0.0197. The smallest absolute Gasteiger partial charge is 0.253 e. The number of hydrogen-bond donors (Lipinski definition) is 1. The number of carbonyl (C=O) groups excluding carboxylic acids is 1. The zero-order chi connectivity index (χ0) is 16.0. The molecule has 1 amide bonds. The van der Waals surface area contributed by atoms with Gasteiger partial charge in [0.05, 0.1) is 11.6 Å². The van der Waals surface area contributed by atoms with Crippen LogP contribution in [0.25, 0.3) is 11.2 Å². The standard InChI is InChI=1S/C16H14ClN5O/c1-22-15-14(20-21-22)7-9(8-18-15)16(23)19-13-6-5-10-11(13)3-2-4-12(10)17/h2-4,7-8,13H,5-6H2,1H3,(H,19,23)/t13-/m1/s1. The predicted octanol–water partition coefficient (Wildman–Crippen LogP) is 2.43. The molecule has 0 radical (unpaired) electrons. The van der Waals surface area contributed by atoms with Crippen molar-refractivity contribution in [1.82, 2.24) is 25.3 Å². The Morgan fingerprint density at radius 3 is 3.17 bits per heavy atom. The number of halogens is 1. The second kappa shape index (κ2) is 5.31. The number of pyridine rings is 1. The maximum atomic E-state index is 12.5. The quantitative estimate of drug-likeness (QED) is 0.784. The number of carbonyl (C=O) groups is 1. The molecule has 6 nitrogen and oxygen atoms in total. The first kappa shape index (κ1) is 14.1. The molecule has 2 heterocycles. The van der Waals surface area contributed by atoms with Crippen LogP contribution in [0, 0.1) is 0 Å². The lowest BCUT2D eigenvalue weighted by molar-refractivity contribution is 0.0936. The number of fused-ring (bicyclic) bond motifs is 2. The highest BCUT2D eigenvalue weighted by Gasteiger charge is 2.26. The first-order chi connectivity index (χ1) is 11.1. The van der Waals surface area contributed by atoms with E-state index < -0.39 is 0 Å². The van der Waals surface area contributed by atoms with E-state index in [4.69, 9.17) is 11.6 Å². The van der Waals surface area contributed by atoms with E-state index >= 15 is 0 Å². The number of rotatable bonds is 2.